The molecular weight excluding hydrogens is 314 g/mol. The molecule has 19 heavy (non-hydrogen) atoms. The van der Waals surface area contributed by atoms with Gasteiger partial charge >= 0.3 is 0 Å². The number of hydrogen-bond acceptors (Lipinski definition) is 6. The van der Waals surface area contributed by atoms with Gasteiger partial charge in [-0.25, -0.2) is 4.98 Å². The van der Waals surface area contributed by atoms with Crippen LogP contribution in [0.15, 0.2) is 10.7 Å². The molecule has 0 radical (unpaired) electrons. The molecule has 1 aromatic heterocycles. The molecule has 1 heterocycles. The molecule has 0 N–H and O–H groups in total. The minimum absolute atomic E-state index is 0.527. The van der Waals surface area contributed by atoms with Crippen molar-refractivity contribution in [2.75, 3.05) is 52.5 Å². The fourth-order valence-electron chi connectivity index (χ4n) is 1.55. The van der Waals surface area contributed by atoms with Crippen LogP contribution in [0.25, 0.3) is 0 Å². The summed E-state index contributed by atoms with van der Waals surface area (Å²) in [4.78, 5) is 10.7. The summed E-state index contributed by atoms with van der Waals surface area (Å²) in [7, 11) is 4.95. The fourth-order valence-corrected chi connectivity index (χ4v) is 1.90. The van der Waals surface area contributed by atoms with Crippen molar-refractivity contribution in [3.63, 3.8) is 0 Å². The van der Waals surface area contributed by atoms with Gasteiger partial charge in [-0.2, -0.15) is 4.98 Å². The van der Waals surface area contributed by atoms with Gasteiger partial charge in [0.1, 0.15) is 0 Å². The predicted octanol–water partition coefficient (Wildman–Crippen LogP) is 1.74. The van der Waals surface area contributed by atoms with Crippen LogP contribution < -0.4 is 9.64 Å². The number of halogens is 1. The second-order valence-electron chi connectivity index (χ2n) is 3.85. The lowest BCUT2D eigenvalue weighted by molar-refractivity contribution is 0.190. The smallest absolute Gasteiger partial charge is 0.232 e. The molecule has 7 heteroatoms. The van der Waals surface area contributed by atoms with Crippen molar-refractivity contribution in [3.8, 4) is 5.88 Å². The van der Waals surface area contributed by atoms with Gasteiger partial charge in [0, 0.05) is 33.9 Å². The largest absolute Gasteiger partial charge is 0.480 e. The van der Waals surface area contributed by atoms with Gasteiger partial charge in [-0.3, -0.25) is 0 Å². The fraction of sp³-hybridized carbons (Fsp3) is 0.667. The highest BCUT2D eigenvalue weighted by Gasteiger charge is 2.12. The summed E-state index contributed by atoms with van der Waals surface area (Å²) >= 11 is 3.34. The van der Waals surface area contributed by atoms with Crippen LogP contribution in [-0.4, -0.2) is 57.6 Å². The van der Waals surface area contributed by atoms with Crippen molar-refractivity contribution in [2.24, 2.45) is 0 Å². The molecule has 0 aliphatic carbocycles. The molecule has 0 unspecified atom stereocenters. The van der Waals surface area contributed by atoms with Gasteiger partial charge < -0.3 is 19.1 Å². The third-order valence-corrected chi connectivity index (χ3v) is 3.06. The molecule has 1 aromatic rings. The van der Waals surface area contributed by atoms with E-state index in [1.54, 1.807) is 27.5 Å². The Hall–Kier alpha value is -0.920. The van der Waals surface area contributed by atoms with Crippen molar-refractivity contribution in [2.45, 2.75) is 6.42 Å². The van der Waals surface area contributed by atoms with Crippen molar-refractivity contribution in [3.05, 3.63) is 10.7 Å². The van der Waals surface area contributed by atoms with Gasteiger partial charge in [0.15, 0.2) is 0 Å². The first kappa shape index (κ1) is 16.1. The monoisotopic (exact) mass is 333 g/mol. The molecule has 6 nitrogen and oxygen atoms in total. The van der Waals surface area contributed by atoms with E-state index < -0.39 is 0 Å². The standard InChI is InChI=1S/C12H20BrN3O3/c1-17-7-4-5-16(6-8-18-2)12-14-9-10(13)11(15-12)19-3/h9H,4-8H2,1-3H3. The Balaban J connectivity index is 2.76. The molecule has 108 valence electrons. The molecule has 0 amide bonds. The van der Waals surface area contributed by atoms with E-state index in [0.29, 0.717) is 25.0 Å². The molecule has 0 aliphatic rings. The Bertz CT molecular complexity index is 379. The SMILES string of the molecule is COCCCN(CCOC)c1ncc(Br)c(OC)n1. The first-order chi connectivity index (χ1) is 9.22. The third kappa shape index (κ3) is 5.30. The van der Waals surface area contributed by atoms with Crippen LogP contribution in [0.3, 0.4) is 0 Å². The van der Waals surface area contributed by atoms with Crippen molar-refractivity contribution >= 4 is 21.9 Å². The summed E-state index contributed by atoms with van der Waals surface area (Å²) < 4.78 is 16.1. The maximum Gasteiger partial charge on any atom is 0.232 e. The zero-order chi connectivity index (χ0) is 14.1. The molecule has 0 saturated heterocycles. The number of anilines is 1. The molecule has 1 rings (SSSR count). The molecule has 0 bridgehead atoms. The van der Waals surface area contributed by atoms with Gasteiger partial charge in [0.2, 0.25) is 11.8 Å². The van der Waals surface area contributed by atoms with Crippen LogP contribution in [0.4, 0.5) is 5.95 Å². The van der Waals surface area contributed by atoms with E-state index in [1.165, 1.54) is 0 Å². The topological polar surface area (TPSA) is 56.7 Å². The van der Waals surface area contributed by atoms with Crippen LogP contribution in [-0.2, 0) is 9.47 Å². The number of nitrogens with zero attached hydrogens (tertiary/aromatic N) is 3. The van der Waals surface area contributed by atoms with E-state index in [9.17, 15) is 0 Å². The lowest BCUT2D eigenvalue weighted by Gasteiger charge is -2.22. The highest BCUT2D eigenvalue weighted by atomic mass is 79.9. The van der Waals surface area contributed by atoms with Gasteiger partial charge in [0.25, 0.3) is 0 Å². The van der Waals surface area contributed by atoms with Gasteiger partial charge in [-0.05, 0) is 22.4 Å². The second kappa shape index (κ2) is 9.06. The quantitative estimate of drug-likeness (QED) is 0.641. The first-order valence-corrected chi connectivity index (χ1v) is 6.81. The Morgan fingerprint density at radius 3 is 2.53 bits per heavy atom. The summed E-state index contributed by atoms with van der Waals surface area (Å²) in [6.45, 7) is 2.86. The molecule has 0 atom stereocenters. The van der Waals surface area contributed by atoms with Gasteiger partial charge in [-0.1, -0.05) is 0 Å². The average molecular weight is 334 g/mol. The van der Waals surface area contributed by atoms with Gasteiger partial charge in [0.05, 0.1) is 24.4 Å². The first-order valence-electron chi connectivity index (χ1n) is 6.02. The summed E-state index contributed by atoms with van der Waals surface area (Å²) in [6.07, 6.45) is 2.60. The van der Waals surface area contributed by atoms with E-state index in [0.717, 1.165) is 24.0 Å². The summed E-state index contributed by atoms with van der Waals surface area (Å²) in [6, 6.07) is 0. The third-order valence-electron chi connectivity index (χ3n) is 2.52. The Kier molecular flexibility index (Phi) is 7.69. The average Bonchev–Trinajstić information content (AvgIpc) is 2.43. The van der Waals surface area contributed by atoms with E-state index >= 15 is 0 Å². The summed E-state index contributed by atoms with van der Waals surface area (Å²) in [5.41, 5.74) is 0. The van der Waals surface area contributed by atoms with E-state index in [-0.39, 0.29) is 0 Å². The van der Waals surface area contributed by atoms with Crippen molar-refractivity contribution in [1.82, 2.24) is 9.97 Å². The van der Waals surface area contributed by atoms with Crippen LogP contribution in [0.2, 0.25) is 0 Å². The normalized spacial score (nSPS) is 10.5. The predicted molar refractivity (Wildman–Crippen MR) is 76.9 cm³/mol. The van der Waals surface area contributed by atoms with Gasteiger partial charge in [-0.15, -0.1) is 0 Å². The Morgan fingerprint density at radius 1 is 1.16 bits per heavy atom. The maximum atomic E-state index is 5.19. The van der Waals surface area contributed by atoms with Crippen LogP contribution in [0.5, 0.6) is 5.88 Å². The highest BCUT2D eigenvalue weighted by Crippen LogP contribution is 2.23. The Morgan fingerprint density at radius 2 is 1.89 bits per heavy atom. The summed E-state index contributed by atoms with van der Waals surface area (Å²) in [5, 5.41) is 0. The molecule has 0 aliphatic heterocycles. The number of hydrogen-bond donors (Lipinski definition) is 0. The zero-order valence-corrected chi connectivity index (χ0v) is 13.1. The van der Waals surface area contributed by atoms with Crippen LogP contribution in [0, 0.1) is 0 Å². The van der Waals surface area contributed by atoms with E-state index in [4.69, 9.17) is 14.2 Å². The van der Waals surface area contributed by atoms with Crippen LogP contribution in [0.1, 0.15) is 6.42 Å². The second-order valence-corrected chi connectivity index (χ2v) is 4.71. The minimum atomic E-state index is 0.527. The lowest BCUT2D eigenvalue weighted by Crippen LogP contribution is -2.30. The molecule has 0 saturated carbocycles. The zero-order valence-electron chi connectivity index (χ0n) is 11.6. The molecule has 0 spiro atoms. The Labute approximate surface area is 122 Å². The van der Waals surface area contributed by atoms with E-state index in [1.807, 2.05) is 0 Å². The minimum Gasteiger partial charge on any atom is -0.480 e. The lowest BCUT2D eigenvalue weighted by atomic mass is 10.4. The number of ether oxygens (including phenoxy) is 3. The van der Waals surface area contributed by atoms with Crippen molar-refractivity contribution in [1.29, 1.82) is 0 Å². The number of methoxy groups -OCH3 is 3. The maximum absolute atomic E-state index is 5.19. The number of aromatic nitrogens is 2. The van der Waals surface area contributed by atoms with Crippen molar-refractivity contribution < 1.29 is 14.2 Å². The molecule has 0 aromatic carbocycles. The highest BCUT2D eigenvalue weighted by molar-refractivity contribution is 9.10. The van der Waals surface area contributed by atoms with E-state index in [2.05, 4.69) is 30.8 Å². The molecular formula is C12H20BrN3O3. The molecule has 0 fully saturated rings. The summed E-state index contributed by atoms with van der Waals surface area (Å²) in [5.74, 6) is 1.16. The number of rotatable bonds is 9. The van der Waals surface area contributed by atoms with Crippen LogP contribution >= 0.6 is 15.9 Å².